The van der Waals surface area contributed by atoms with Gasteiger partial charge in [-0.15, -0.1) is 11.8 Å². The Morgan fingerprint density at radius 3 is 2.45 bits per heavy atom. The number of likely N-dealkylation sites (tertiary alicyclic amines) is 1. The quantitative estimate of drug-likeness (QED) is 0.300. The molecule has 3 amide bonds. The second-order valence-electron chi connectivity index (χ2n) is 12.2. The highest BCUT2D eigenvalue weighted by Gasteiger charge is 2.76. The van der Waals surface area contributed by atoms with Crippen LogP contribution in [0.3, 0.4) is 0 Å². The third-order valence-electron chi connectivity index (χ3n) is 9.51. The van der Waals surface area contributed by atoms with Crippen molar-refractivity contribution in [2.24, 2.45) is 17.8 Å². The topological polar surface area (TPSA) is 108 Å². The van der Waals surface area contributed by atoms with Gasteiger partial charge < -0.3 is 25.4 Å². The number of ether oxygens (including phenoxy) is 1. The van der Waals surface area contributed by atoms with E-state index in [0.717, 1.165) is 16.7 Å². The van der Waals surface area contributed by atoms with Gasteiger partial charge in [0, 0.05) is 16.6 Å². The van der Waals surface area contributed by atoms with Gasteiger partial charge in [-0.05, 0) is 80.1 Å². The maximum atomic E-state index is 14.7. The number of thioether (sulfide) groups is 1. The van der Waals surface area contributed by atoms with Crippen molar-refractivity contribution >= 4 is 40.9 Å². The Kier molecular flexibility index (Phi) is 8.20. The molecular weight excluding hydrogens is 574 g/mol. The number of amides is 3. The number of fused-ring (bicyclic) bond motifs is 1. The lowest BCUT2D eigenvalue weighted by Crippen LogP contribution is -2.55. The summed E-state index contributed by atoms with van der Waals surface area (Å²) in [6.45, 7) is 8.10. The molecule has 3 heterocycles. The molecule has 3 unspecified atom stereocenters. The second kappa shape index (κ2) is 11.9. The number of benzene rings is 3. The van der Waals surface area contributed by atoms with Gasteiger partial charge in [0.05, 0.1) is 35.8 Å². The molecule has 1 spiro atoms. The third-order valence-corrected chi connectivity index (χ3v) is 11.6. The van der Waals surface area contributed by atoms with Crippen LogP contribution in [0.4, 0.5) is 11.4 Å². The Bertz CT molecular complexity index is 1560. The smallest absolute Gasteiger partial charge is 0.248 e. The number of aliphatic hydroxyl groups excluding tert-OH is 1. The molecule has 0 aliphatic carbocycles. The molecule has 8 nitrogen and oxygen atoms in total. The first-order valence-electron chi connectivity index (χ1n) is 15.3. The van der Waals surface area contributed by atoms with Crippen LogP contribution in [0.1, 0.15) is 43.0 Å². The van der Waals surface area contributed by atoms with Gasteiger partial charge in [-0.3, -0.25) is 14.4 Å². The van der Waals surface area contributed by atoms with Crippen molar-refractivity contribution in [1.29, 1.82) is 0 Å². The molecule has 7 atom stereocenters. The monoisotopic (exact) mass is 613 g/mol. The van der Waals surface area contributed by atoms with E-state index in [1.165, 1.54) is 0 Å². The minimum absolute atomic E-state index is 0.00421. The van der Waals surface area contributed by atoms with Crippen molar-refractivity contribution in [3.63, 3.8) is 0 Å². The van der Waals surface area contributed by atoms with Crippen LogP contribution in [0.15, 0.2) is 72.8 Å². The summed E-state index contributed by atoms with van der Waals surface area (Å²) in [7, 11) is 0. The minimum Gasteiger partial charge on any atom is -0.494 e. The van der Waals surface area contributed by atoms with E-state index in [1.54, 1.807) is 40.9 Å². The number of aliphatic hydroxyl groups is 1. The predicted octanol–water partition coefficient (Wildman–Crippen LogP) is 5.35. The number of hydrogen-bond acceptors (Lipinski definition) is 6. The highest BCUT2D eigenvalue weighted by atomic mass is 32.2. The summed E-state index contributed by atoms with van der Waals surface area (Å²) in [5.41, 5.74) is 3.98. The third kappa shape index (κ3) is 4.96. The molecule has 3 aliphatic heterocycles. The van der Waals surface area contributed by atoms with E-state index in [2.05, 4.69) is 17.6 Å². The fourth-order valence-corrected chi connectivity index (χ4v) is 9.93. The fourth-order valence-electron chi connectivity index (χ4n) is 7.52. The van der Waals surface area contributed by atoms with Crippen molar-refractivity contribution in [3.05, 3.63) is 89.5 Å². The number of anilines is 2. The Morgan fingerprint density at radius 2 is 1.77 bits per heavy atom. The number of nitrogens with zero attached hydrogens (tertiary/aromatic N) is 1. The summed E-state index contributed by atoms with van der Waals surface area (Å²) in [5.74, 6) is -1.41. The van der Waals surface area contributed by atoms with Crippen LogP contribution in [0.5, 0.6) is 5.75 Å². The van der Waals surface area contributed by atoms with E-state index >= 15 is 0 Å². The SMILES string of the molecule is CCOc1ccc(NC(=O)[C@@H]2[C@H]3C(=O)N([C@H](CO)c4ccccc4)C(C(=O)Nc4cc(C)ccc4C)C34S[C@@H]2CC4C)cc1. The highest BCUT2D eigenvalue weighted by molar-refractivity contribution is 8.02. The van der Waals surface area contributed by atoms with Crippen LogP contribution >= 0.6 is 11.8 Å². The highest BCUT2D eigenvalue weighted by Crippen LogP contribution is 2.69. The average molecular weight is 614 g/mol. The number of hydrogen-bond donors (Lipinski definition) is 3. The van der Waals surface area contributed by atoms with Crippen LogP contribution in [0.25, 0.3) is 0 Å². The zero-order valence-corrected chi connectivity index (χ0v) is 26.3. The minimum atomic E-state index is -0.884. The molecule has 3 aliphatic rings. The first kappa shape index (κ1) is 30.2. The van der Waals surface area contributed by atoms with E-state index < -0.39 is 28.7 Å². The van der Waals surface area contributed by atoms with Crippen molar-refractivity contribution in [2.75, 3.05) is 23.8 Å². The maximum absolute atomic E-state index is 14.7. The molecule has 0 saturated carbocycles. The predicted molar refractivity (Wildman–Crippen MR) is 173 cm³/mol. The molecule has 6 rings (SSSR count). The van der Waals surface area contributed by atoms with Crippen molar-refractivity contribution in [2.45, 2.75) is 56.2 Å². The second-order valence-corrected chi connectivity index (χ2v) is 13.7. The summed E-state index contributed by atoms with van der Waals surface area (Å²) in [4.78, 5) is 44.8. The Hall–Kier alpha value is -3.82. The van der Waals surface area contributed by atoms with Gasteiger partial charge in [0.15, 0.2) is 0 Å². The Balaban J connectivity index is 1.39. The molecule has 2 bridgehead atoms. The summed E-state index contributed by atoms with van der Waals surface area (Å²) >= 11 is 1.61. The average Bonchev–Trinajstić information content (AvgIpc) is 3.61. The Labute approximate surface area is 262 Å². The number of carbonyl (C=O) groups excluding carboxylic acids is 3. The fraction of sp³-hybridized carbons (Fsp3) is 0.400. The van der Waals surface area contributed by atoms with Crippen LogP contribution in [-0.2, 0) is 14.4 Å². The van der Waals surface area contributed by atoms with Gasteiger partial charge in [-0.2, -0.15) is 0 Å². The van der Waals surface area contributed by atoms with Crippen molar-refractivity contribution in [3.8, 4) is 5.75 Å². The number of carbonyl (C=O) groups is 3. The van der Waals surface area contributed by atoms with Gasteiger partial charge in [0.2, 0.25) is 17.7 Å². The van der Waals surface area contributed by atoms with Gasteiger partial charge in [-0.1, -0.05) is 49.4 Å². The summed E-state index contributed by atoms with van der Waals surface area (Å²) in [6, 6.07) is 20.8. The molecule has 0 radical (unpaired) electrons. The number of rotatable bonds is 9. The summed E-state index contributed by atoms with van der Waals surface area (Å²) in [6.07, 6.45) is 0.714. The molecule has 230 valence electrons. The van der Waals surface area contributed by atoms with Crippen LogP contribution in [0, 0.1) is 31.6 Å². The van der Waals surface area contributed by atoms with E-state index in [0.29, 0.717) is 30.2 Å². The lowest BCUT2D eigenvalue weighted by Gasteiger charge is -2.40. The van der Waals surface area contributed by atoms with Crippen LogP contribution < -0.4 is 15.4 Å². The normalized spacial score (nSPS) is 27.6. The maximum Gasteiger partial charge on any atom is 0.248 e. The zero-order valence-electron chi connectivity index (χ0n) is 25.4. The first-order valence-corrected chi connectivity index (χ1v) is 16.1. The summed E-state index contributed by atoms with van der Waals surface area (Å²) in [5, 5.41) is 16.8. The lowest BCUT2D eigenvalue weighted by atomic mass is 9.65. The first-order chi connectivity index (χ1) is 21.2. The molecule has 9 heteroatoms. The standard InChI is InChI=1S/C35H39N3O5S/c1-5-43-25-15-13-24(14-16-25)36-32(40)29-28-18-22(4)35(44-28)30(29)34(42)38(27(19-39)23-9-7-6-8-10-23)31(35)33(41)37-26-17-20(2)11-12-21(26)3/h6-17,22,27-31,39H,5,18-19H2,1-4H3,(H,36,40)(H,37,41)/t22?,27-,28-,29+,30+,31?,35?/m1/s1. The van der Waals surface area contributed by atoms with E-state index in [-0.39, 0.29) is 35.5 Å². The molecule has 3 saturated heterocycles. The van der Waals surface area contributed by atoms with Gasteiger partial charge in [-0.25, -0.2) is 0 Å². The lowest BCUT2D eigenvalue weighted by molar-refractivity contribution is -0.141. The van der Waals surface area contributed by atoms with Gasteiger partial charge in [0.1, 0.15) is 11.8 Å². The molecule has 3 N–H and O–H groups in total. The Morgan fingerprint density at radius 1 is 1.05 bits per heavy atom. The van der Waals surface area contributed by atoms with E-state index in [9.17, 15) is 19.5 Å². The molecule has 0 aromatic heterocycles. The van der Waals surface area contributed by atoms with Crippen molar-refractivity contribution < 1.29 is 24.2 Å². The van der Waals surface area contributed by atoms with Crippen LogP contribution in [-0.4, -0.2) is 57.0 Å². The molecule has 44 heavy (non-hydrogen) atoms. The van der Waals surface area contributed by atoms with Crippen molar-refractivity contribution in [1.82, 2.24) is 4.90 Å². The largest absolute Gasteiger partial charge is 0.494 e. The van der Waals surface area contributed by atoms with E-state index in [1.807, 2.05) is 69.3 Å². The molecule has 3 aromatic rings. The molecule has 3 fully saturated rings. The number of aryl methyl sites for hydroxylation is 2. The van der Waals surface area contributed by atoms with Gasteiger partial charge in [0.25, 0.3) is 0 Å². The van der Waals surface area contributed by atoms with Gasteiger partial charge >= 0.3 is 0 Å². The zero-order chi connectivity index (χ0) is 31.2. The number of nitrogens with one attached hydrogen (secondary N) is 2. The molecular formula is C35H39N3O5S. The molecule has 3 aromatic carbocycles. The van der Waals surface area contributed by atoms with Crippen LogP contribution in [0.2, 0.25) is 0 Å². The van der Waals surface area contributed by atoms with E-state index in [4.69, 9.17) is 4.74 Å². The summed E-state index contributed by atoms with van der Waals surface area (Å²) < 4.78 is 4.71.